The molecule has 1 aliphatic rings. The van der Waals surface area contributed by atoms with Gasteiger partial charge in [-0.3, -0.25) is 9.58 Å². The second-order valence-electron chi connectivity index (χ2n) is 7.54. The monoisotopic (exact) mass is 379 g/mol. The van der Waals surface area contributed by atoms with E-state index in [2.05, 4.69) is 48.2 Å². The molecule has 1 fully saturated rings. The van der Waals surface area contributed by atoms with Crippen LogP contribution in [-0.2, 0) is 6.54 Å². The summed E-state index contributed by atoms with van der Waals surface area (Å²) in [6.07, 6.45) is 5.97. The van der Waals surface area contributed by atoms with Crippen molar-refractivity contribution in [2.75, 3.05) is 13.1 Å². The zero-order valence-corrected chi connectivity index (χ0v) is 16.2. The first-order chi connectivity index (χ1) is 13.5. The van der Waals surface area contributed by atoms with E-state index >= 15 is 0 Å². The Labute approximate surface area is 164 Å². The first-order valence-electron chi connectivity index (χ1n) is 9.62. The molecule has 0 amide bonds. The Morgan fingerprint density at radius 1 is 1.25 bits per heavy atom. The number of hydrogen-bond donors (Lipinski definition) is 1. The molecule has 28 heavy (non-hydrogen) atoms. The van der Waals surface area contributed by atoms with E-state index in [1.807, 2.05) is 10.7 Å². The molecule has 7 nitrogen and oxygen atoms in total. The summed E-state index contributed by atoms with van der Waals surface area (Å²) in [5.41, 5.74) is 4.65. The molecular formula is C21H25N5O2. The van der Waals surface area contributed by atoms with Gasteiger partial charge in [0.1, 0.15) is 0 Å². The molecule has 4 rings (SSSR count). The maximum absolute atomic E-state index is 11.1. The van der Waals surface area contributed by atoms with Gasteiger partial charge in [-0.15, -0.1) is 0 Å². The third kappa shape index (κ3) is 3.84. The SMILES string of the molecule is Cc1cccc(-n2cc(CN3CCCC(n4ccc(C(=O)O)n4)C3)c(C)n2)c1. The van der Waals surface area contributed by atoms with Gasteiger partial charge in [0.05, 0.1) is 17.4 Å². The highest BCUT2D eigenvalue weighted by molar-refractivity contribution is 5.85. The van der Waals surface area contributed by atoms with E-state index in [0.717, 1.165) is 43.9 Å². The highest BCUT2D eigenvalue weighted by atomic mass is 16.4. The first kappa shape index (κ1) is 18.4. The zero-order chi connectivity index (χ0) is 19.7. The van der Waals surface area contributed by atoms with Crippen LogP contribution < -0.4 is 0 Å². The van der Waals surface area contributed by atoms with Crippen molar-refractivity contribution in [2.45, 2.75) is 39.3 Å². The van der Waals surface area contributed by atoms with Gasteiger partial charge in [-0.2, -0.15) is 10.2 Å². The third-order valence-corrected chi connectivity index (χ3v) is 5.34. The molecular weight excluding hydrogens is 354 g/mol. The smallest absolute Gasteiger partial charge is 0.356 e. The number of nitrogens with zero attached hydrogens (tertiary/aromatic N) is 5. The molecule has 1 atom stereocenters. The molecule has 1 aliphatic heterocycles. The summed E-state index contributed by atoms with van der Waals surface area (Å²) in [6.45, 7) is 6.85. The molecule has 1 N–H and O–H groups in total. The molecule has 0 aliphatic carbocycles. The highest BCUT2D eigenvalue weighted by Crippen LogP contribution is 2.24. The zero-order valence-electron chi connectivity index (χ0n) is 16.2. The molecule has 1 unspecified atom stereocenters. The number of aromatic carboxylic acids is 1. The molecule has 3 aromatic rings. The summed E-state index contributed by atoms with van der Waals surface area (Å²) in [5.74, 6) is -0.981. The van der Waals surface area contributed by atoms with Crippen molar-refractivity contribution in [3.05, 3.63) is 65.2 Å². The Balaban J connectivity index is 1.47. The van der Waals surface area contributed by atoms with Crippen molar-refractivity contribution in [1.82, 2.24) is 24.5 Å². The van der Waals surface area contributed by atoms with Gasteiger partial charge in [0.25, 0.3) is 0 Å². The fourth-order valence-electron chi connectivity index (χ4n) is 3.84. The minimum atomic E-state index is -0.981. The topological polar surface area (TPSA) is 76.2 Å². The molecule has 3 heterocycles. The number of benzene rings is 1. The maximum Gasteiger partial charge on any atom is 0.356 e. The van der Waals surface area contributed by atoms with Gasteiger partial charge >= 0.3 is 5.97 Å². The lowest BCUT2D eigenvalue weighted by molar-refractivity contribution is 0.0688. The lowest BCUT2D eigenvalue weighted by atomic mass is 10.1. The van der Waals surface area contributed by atoms with Crippen LogP contribution in [0.5, 0.6) is 0 Å². The minimum absolute atomic E-state index is 0.104. The van der Waals surface area contributed by atoms with Crippen LogP contribution in [0.4, 0.5) is 0 Å². The lowest BCUT2D eigenvalue weighted by Crippen LogP contribution is -2.36. The average molecular weight is 379 g/mol. The Hall–Kier alpha value is -2.93. The van der Waals surface area contributed by atoms with E-state index in [0.29, 0.717) is 0 Å². The number of carboxylic acid groups (broad SMARTS) is 1. The van der Waals surface area contributed by atoms with Crippen LogP contribution in [0.3, 0.4) is 0 Å². The fraction of sp³-hybridized carbons (Fsp3) is 0.381. The average Bonchev–Trinajstić information content (AvgIpc) is 3.30. The number of likely N-dealkylation sites (tertiary alicyclic amines) is 1. The van der Waals surface area contributed by atoms with E-state index in [-0.39, 0.29) is 11.7 Å². The summed E-state index contributed by atoms with van der Waals surface area (Å²) in [4.78, 5) is 13.5. The minimum Gasteiger partial charge on any atom is -0.476 e. The van der Waals surface area contributed by atoms with Crippen LogP contribution in [0, 0.1) is 13.8 Å². The van der Waals surface area contributed by atoms with E-state index in [1.54, 1.807) is 16.9 Å². The normalized spacial score (nSPS) is 17.7. The molecule has 0 spiro atoms. The molecule has 0 bridgehead atoms. The van der Waals surface area contributed by atoms with Gasteiger partial charge in [-0.05, 0) is 57.0 Å². The quantitative estimate of drug-likeness (QED) is 0.737. The number of carbonyl (C=O) groups is 1. The molecule has 0 radical (unpaired) electrons. The summed E-state index contributed by atoms with van der Waals surface area (Å²) < 4.78 is 3.75. The van der Waals surface area contributed by atoms with Crippen LogP contribution in [0.2, 0.25) is 0 Å². The summed E-state index contributed by atoms with van der Waals surface area (Å²) in [5, 5.41) is 18.0. The maximum atomic E-state index is 11.1. The summed E-state index contributed by atoms with van der Waals surface area (Å²) >= 11 is 0. The molecule has 1 saturated heterocycles. The van der Waals surface area contributed by atoms with Crippen LogP contribution in [0.15, 0.2) is 42.7 Å². The predicted octanol–water partition coefficient (Wildman–Crippen LogP) is 3.22. The van der Waals surface area contributed by atoms with E-state index < -0.39 is 5.97 Å². The van der Waals surface area contributed by atoms with Crippen molar-refractivity contribution in [1.29, 1.82) is 0 Å². The van der Waals surface area contributed by atoms with Gasteiger partial charge in [0, 0.05) is 31.0 Å². The number of rotatable bonds is 5. The van der Waals surface area contributed by atoms with Gasteiger partial charge in [0.15, 0.2) is 5.69 Å². The number of carboxylic acids is 1. The van der Waals surface area contributed by atoms with Crippen molar-refractivity contribution in [3.63, 3.8) is 0 Å². The Morgan fingerprint density at radius 2 is 2.11 bits per heavy atom. The van der Waals surface area contributed by atoms with Gasteiger partial charge in [0.2, 0.25) is 0 Å². The van der Waals surface area contributed by atoms with Crippen LogP contribution >= 0.6 is 0 Å². The molecule has 2 aromatic heterocycles. The number of hydrogen-bond acceptors (Lipinski definition) is 4. The Kier molecular flexibility index (Phi) is 5.00. The predicted molar refractivity (Wildman–Crippen MR) is 106 cm³/mol. The fourth-order valence-corrected chi connectivity index (χ4v) is 3.84. The second-order valence-corrected chi connectivity index (χ2v) is 7.54. The van der Waals surface area contributed by atoms with Gasteiger partial charge in [-0.25, -0.2) is 9.48 Å². The second kappa shape index (κ2) is 7.59. The van der Waals surface area contributed by atoms with E-state index in [9.17, 15) is 4.79 Å². The lowest BCUT2D eigenvalue weighted by Gasteiger charge is -2.32. The Morgan fingerprint density at radius 3 is 2.86 bits per heavy atom. The largest absolute Gasteiger partial charge is 0.476 e. The molecule has 146 valence electrons. The summed E-state index contributed by atoms with van der Waals surface area (Å²) in [6, 6.07) is 10.1. The van der Waals surface area contributed by atoms with Crippen LogP contribution in [-0.4, -0.2) is 48.6 Å². The first-order valence-corrected chi connectivity index (χ1v) is 9.62. The molecule has 1 aromatic carbocycles. The molecule has 0 saturated carbocycles. The van der Waals surface area contributed by atoms with Crippen molar-refractivity contribution in [2.24, 2.45) is 0 Å². The van der Waals surface area contributed by atoms with E-state index in [4.69, 9.17) is 10.2 Å². The van der Waals surface area contributed by atoms with Crippen molar-refractivity contribution in [3.8, 4) is 5.69 Å². The van der Waals surface area contributed by atoms with E-state index in [1.165, 1.54) is 11.1 Å². The van der Waals surface area contributed by atoms with Crippen LogP contribution in [0.1, 0.15) is 46.2 Å². The standard InChI is InChI=1S/C21H25N5O2/c1-15-5-3-6-18(11-15)26-13-17(16(2)22-26)12-24-9-4-7-19(14-24)25-10-8-20(23-25)21(27)28/h3,5-6,8,10-11,13,19H,4,7,9,12,14H2,1-2H3,(H,27,28). The summed E-state index contributed by atoms with van der Waals surface area (Å²) in [7, 11) is 0. The Bertz CT molecular complexity index is 990. The number of aromatic nitrogens is 4. The third-order valence-electron chi connectivity index (χ3n) is 5.34. The van der Waals surface area contributed by atoms with Crippen molar-refractivity contribution < 1.29 is 9.90 Å². The van der Waals surface area contributed by atoms with Crippen LogP contribution in [0.25, 0.3) is 5.69 Å². The molecule has 7 heteroatoms. The number of piperidine rings is 1. The number of aryl methyl sites for hydroxylation is 2. The van der Waals surface area contributed by atoms with Crippen molar-refractivity contribution >= 4 is 5.97 Å². The van der Waals surface area contributed by atoms with Gasteiger partial charge in [-0.1, -0.05) is 12.1 Å². The highest BCUT2D eigenvalue weighted by Gasteiger charge is 2.23. The van der Waals surface area contributed by atoms with Gasteiger partial charge < -0.3 is 5.11 Å².